The smallest absolute Gasteiger partial charge is 0.191 e. The Bertz CT molecular complexity index is 561. The van der Waals surface area contributed by atoms with E-state index in [0.29, 0.717) is 6.04 Å². The summed E-state index contributed by atoms with van der Waals surface area (Å²) >= 11 is 0. The molecule has 2 rings (SSSR count). The number of guanidine groups is 1. The fourth-order valence-corrected chi connectivity index (χ4v) is 2.96. The first-order valence-electron chi connectivity index (χ1n) is 9.28. The molecule has 0 radical (unpaired) electrons. The molecular weight excluding hydrogens is 439 g/mol. The molecule has 0 bridgehead atoms. The zero-order chi connectivity index (χ0) is 18.3. The van der Waals surface area contributed by atoms with Crippen molar-refractivity contribution in [2.75, 3.05) is 38.1 Å². The molecule has 1 aromatic rings. The zero-order valence-electron chi connectivity index (χ0n) is 16.8. The monoisotopic (exact) mass is 474 g/mol. The molecule has 6 nitrogen and oxygen atoms in total. The normalized spacial score (nSPS) is 16.2. The van der Waals surface area contributed by atoms with E-state index in [2.05, 4.69) is 63.7 Å². The number of piperidine rings is 1. The Morgan fingerprint density at radius 2 is 1.92 bits per heavy atom. The number of aryl methyl sites for hydroxylation is 1. The lowest BCUT2D eigenvalue weighted by molar-refractivity contribution is 0.426. The van der Waals surface area contributed by atoms with Crippen LogP contribution in [0.3, 0.4) is 0 Å². The minimum Gasteiger partial charge on any atom is -0.356 e. The van der Waals surface area contributed by atoms with Crippen molar-refractivity contribution >= 4 is 35.8 Å². The number of nitrogens with one attached hydrogen (secondary N) is 3. The molecule has 0 aromatic carbocycles. The lowest BCUT2D eigenvalue weighted by atomic mass is 10.1. The van der Waals surface area contributed by atoms with Gasteiger partial charge in [0.2, 0.25) is 0 Å². The molecule has 0 aliphatic carbocycles. The second-order valence-corrected chi connectivity index (χ2v) is 7.72. The molecule has 26 heavy (non-hydrogen) atoms. The maximum atomic E-state index is 4.63. The first-order chi connectivity index (χ1) is 11.9. The molecule has 0 unspecified atom stereocenters. The highest BCUT2D eigenvalue weighted by molar-refractivity contribution is 14.0. The molecule has 2 heterocycles. The number of pyridine rings is 1. The van der Waals surface area contributed by atoms with Gasteiger partial charge in [-0.1, -0.05) is 6.07 Å². The van der Waals surface area contributed by atoms with Crippen LogP contribution < -0.4 is 20.9 Å². The molecule has 1 aromatic heterocycles. The van der Waals surface area contributed by atoms with Crippen LogP contribution in [0.15, 0.2) is 23.2 Å². The minimum absolute atomic E-state index is 0. The van der Waals surface area contributed by atoms with E-state index >= 15 is 0 Å². The Labute approximate surface area is 175 Å². The second-order valence-electron chi connectivity index (χ2n) is 7.72. The summed E-state index contributed by atoms with van der Waals surface area (Å²) < 4.78 is 0. The van der Waals surface area contributed by atoms with Gasteiger partial charge in [0, 0.05) is 50.5 Å². The van der Waals surface area contributed by atoms with Gasteiger partial charge in [0.05, 0.1) is 0 Å². The van der Waals surface area contributed by atoms with Crippen LogP contribution in [0.5, 0.6) is 0 Å². The number of aliphatic imine (C=N–C) groups is 1. The van der Waals surface area contributed by atoms with Gasteiger partial charge in [-0.05, 0) is 52.7 Å². The largest absolute Gasteiger partial charge is 0.356 e. The van der Waals surface area contributed by atoms with Crippen LogP contribution in [-0.4, -0.2) is 55.8 Å². The first kappa shape index (κ1) is 23.0. The van der Waals surface area contributed by atoms with Crippen LogP contribution in [-0.2, 0) is 0 Å². The minimum atomic E-state index is 0. The highest BCUT2D eigenvalue weighted by Gasteiger charge is 2.20. The second kappa shape index (κ2) is 10.9. The fourth-order valence-electron chi connectivity index (χ4n) is 2.96. The summed E-state index contributed by atoms with van der Waals surface area (Å²) in [4.78, 5) is 11.3. The average molecular weight is 474 g/mol. The van der Waals surface area contributed by atoms with Crippen molar-refractivity contribution in [3.05, 3.63) is 23.9 Å². The van der Waals surface area contributed by atoms with Gasteiger partial charge in [-0.3, -0.25) is 4.99 Å². The molecule has 1 aliphatic heterocycles. The number of hydrogen-bond donors (Lipinski definition) is 3. The number of anilines is 1. The Balaban J connectivity index is 0.00000338. The van der Waals surface area contributed by atoms with E-state index in [0.717, 1.165) is 56.5 Å². The fraction of sp³-hybridized carbons (Fsp3) is 0.684. The van der Waals surface area contributed by atoms with Crippen molar-refractivity contribution in [3.8, 4) is 0 Å². The molecule has 0 saturated carbocycles. The predicted octanol–water partition coefficient (Wildman–Crippen LogP) is 2.53. The summed E-state index contributed by atoms with van der Waals surface area (Å²) in [5.74, 6) is 1.98. The molecule has 0 atom stereocenters. The lowest BCUT2D eigenvalue weighted by Crippen LogP contribution is -2.50. The predicted molar refractivity (Wildman–Crippen MR) is 122 cm³/mol. The summed E-state index contributed by atoms with van der Waals surface area (Å²) in [7, 11) is 1.83. The number of aromatic nitrogens is 1. The Morgan fingerprint density at radius 1 is 1.23 bits per heavy atom. The van der Waals surface area contributed by atoms with Crippen LogP contribution in [0.1, 0.15) is 39.3 Å². The number of nitrogens with zero attached hydrogens (tertiary/aromatic N) is 3. The summed E-state index contributed by atoms with van der Waals surface area (Å²) in [6.07, 6.45) is 2.19. The van der Waals surface area contributed by atoms with Gasteiger partial charge in [0.25, 0.3) is 0 Å². The van der Waals surface area contributed by atoms with Crippen LogP contribution in [0.25, 0.3) is 0 Å². The zero-order valence-corrected chi connectivity index (χ0v) is 19.1. The summed E-state index contributed by atoms with van der Waals surface area (Å²) in [6.45, 7) is 12.4. The maximum Gasteiger partial charge on any atom is 0.191 e. The lowest BCUT2D eigenvalue weighted by Gasteiger charge is -2.34. The van der Waals surface area contributed by atoms with Gasteiger partial charge in [-0.2, -0.15) is 0 Å². The molecular formula is C19H35IN6. The molecule has 0 spiro atoms. The van der Waals surface area contributed by atoms with E-state index in [-0.39, 0.29) is 29.5 Å². The van der Waals surface area contributed by atoms with Crippen LogP contribution in [0.4, 0.5) is 5.82 Å². The van der Waals surface area contributed by atoms with Crippen molar-refractivity contribution in [2.45, 2.75) is 52.1 Å². The van der Waals surface area contributed by atoms with Crippen molar-refractivity contribution in [2.24, 2.45) is 4.99 Å². The van der Waals surface area contributed by atoms with Gasteiger partial charge in [0.15, 0.2) is 5.96 Å². The van der Waals surface area contributed by atoms with E-state index in [1.807, 2.05) is 20.0 Å². The third-order valence-electron chi connectivity index (χ3n) is 4.33. The van der Waals surface area contributed by atoms with Crippen LogP contribution >= 0.6 is 24.0 Å². The van der Waals surface area contributed by atoms with E-state index in [1.54, 1.807) is 0 Å². The Hall–Kier alpha value is -1.09. The summed E-state index contributed by atoms with van der Waals surface area (Å²) in [6, 6.07) is 6.69. The highest BCUT2D eigenvalue weighted by atomic mass is 127. The molecule has 7 heteroatoms. The van der Waals surface area contributed by atoms with Crippen molar-refractivity contribution in [1.82, 2.24) is 20.9 Å². The van der Waals surface area contributed by atoms with E-state index < -0.39 is 0 Å². The van der Waals surface area contributed by atoms with Crippen LogP contribution in [0, 0.1) is 6.92 Å². The van der Waals surface area contributed by atoms with Gasteiger partial charge in [-0.25, -0.2) is 4.98 Å². The maximum absolute atomic E-state index is 4.63. The average Bonchev–Trinajstić information content (AvgIpc) is 2.57. The molecule has 0 amide bonds. The van der Waals surface area contributed by atoms with Gasteiger partial charge in [-0.15, -0.1) is 24.0 Å². The Morgan fingerprint density at radius 3 is 2.50 bits per heavy atom. The topological polar surface area (TPSA) is 64.6 Å². The van der Waals surface area contributed by atoms with Crippen molar-refractivity contribution in [1.29, 1.82) is 0 Å². The highest BCUT2D eigenvalue weighted by Crippen LogP contribution is 2.18. The first-order valence-corrected chi connectivity index (χ1v) is 9.28. The van der Waals surface area contributed by atoms with E-state index in [9.17, 15) is 0 Å². The third kappa shape index (κ3) is 8.07. The summed E-state index contributed by atoms with van der Waals surface area (Å²) in [5.41, 5.74) is 1.22. The van der Waals surface area contributed by atoms with Gasteiger partial charge in [0.1, 0.15) is 5.82 Å². The van der Waals surface area contributed by atoms with Gasteiger partial charge < -0.3 is 20.9 Å². The molecule has 3 N–H and O–H groups in total. The molecule has 1 saturated heterocycles. The van der Waals surface area contributed by atoms with Crippen LogP contribution in [0.2, 0.25) is 0 Å². The number of halogens is 1. The molecule has 1 fully saturated rings. The van der Waals surface area contributed by atoms with Gasteiger partial charge >= 0.3 is 0 Å². The number of hydrogen-bond acceptors (Lipinski definition) is 4. The molecule has 1 aliphatic rings. The van der Waals surface area contributed by atoms with Crippen molar-refractivity contribution < 1.29 is 0 Å². The van der Waals surface area contributed by atoms with E-state index in [4.69, 9.17) is 0 Å². The standard InChI is InChI=1S/C19H34N6.HI/c1-15-7-6-8-17(23-15)25-13-9-16(10-14-25)24-18(20-5)21-11-12-22-19(2,3)4;/h6-8,16,22H,9-14H2,1-5H3,(H2,20,21,24);1H. The third-order valence-corrected chi connectivity index (χ3v) is 4.33. The van der Waals surface area contributed by atoms with Crippen molar-refractivity contribution in [3.63, 3.8) is 0 Å². The molecule has 148 valence electrons. The summed E-state index contributed by atoms with van der Waals surface area (Å²) in [5, 5.41) is 10.4. The SMILES string of the molecule is CN=C(NCCNC(C)(C)C)NC1CCN(c2cccc(C)n2)CC1.I. The number of rotatable bonds is 5. The Kier molecular flexibility index (Phi) is 9.63. The quantitative estimate of drug-likeness (QED) is 0.265. The van der Waals surface area contributed by atoms with E-state index in [1.165, 1.54) is 0 Å².